The second-order valence-electron chi connectivity index (χ2n) is 4.22. The van der Waals surface area contributed by atoms with Crippen molar-refractivity contribution in [3.05, 3.63) is 39.7 Å². The molecule has 0 saturated heterocycles. The molecular weight excluding hydrogens is 289 g/mol. The Balaban J connectivity index is 2.69. The number of carbonyl (C=O) groups is 1. The molecule has 0 amide bonds. The summed E-state index contributed by atoms with van der Waals surface area (Å²) in [6.07, 6.45) is -4.54. The number of nitrogens with two attached hydrogens (primary N) is 1. The van der Waals surface area contributed by atoms with Crippen molar-refractivity contribution in [1.82, 2.24) is 4.98 Å². The normalized spacial score (nSPS) is 11.6. The van der Waals surface area contributed by atoms with Gasteiger partial charge in [-0.3, -0.25) is 4.79 Å². The molecule has 0 spiro atoms. The van der Waals surface area contributed by atoms with E-state index in [1.54, 1.807) is 6.92 Å². The highest BCUT2D eigenvalue weighted by Crippen LogP contribution is 2.32. The number of aromatic amines is 1. The van der Waals surface area contributed by atoms with Gasteiger partial charge in [0.1, 0.15) is 5.56 Å². The SMILES string of the molecule is CCOC(=O)c1c(N)c2ccc(C(F)(F)F)cc2[nH]c1=O. The molecule has 0 aliphatic rings. The van der Waals surface area contributed by atoms with Crippen molar-refractivity contribution in [1.29, 1.82) is 0 Å². The summed E-state index contributed by atoms with van der Waals surface area (Å²) in [4.78, 5) is 25.7. The predicted octanol–water partition coefficient (Wildman–Crippen LogP) is 2.31. The highest BCUT2D eigenvalue weighted by atomic mass is 19.4. The smallest absolute Gasteiger partial charge is 0.416 e. The molecule has 1 heterocycles. The van der Waals surface area contributed by atoms with Gasteiger partial charge >= 0.3 is 12.1 Å². The topological polar surface area (TPSA) is 85.2 Å². The number of H-pyrrole nitrogens is 1. The highest BCUT2D eigenvalue weighted by molar-refractivity contribution is 6.03. The fraction of sp³-hybridized carbons (Fsp3) is 0.231. The van der Waals surface area contributed by atoms with Crippen LogP contribution in [0.15, 0.2) is 23.0 Å². The van der Waals surface area contributed by atoms with Gasteiger partial charge in [0.05, 0.1) is 23.4 Å². The zero-order chi connectivity index (χ0) is 15.8. The van der Waals surface area contributed by atoms with Gasteiger partial charge in [-0.15, -0.1) is 0 Å². The van der Waals surface area contributed by atoms with Gasteiger partial charge in [0, 0.05) is 5.39 Å². The molecular formula is C13H11F3N2O3. The molecule has 2 aromatic rings. The lowest BCUT2D eigenvalue weighted by Gasteiger charge is -2.11. The minimum Gasteiger partial charge on any atom is -0.462 e. The van der Waals surface area contributed by atoms with E-state index in [0.29, 0.717) is 0 Å². The van der Waals surface area contributed by atoms with Crippen molar-refractivity contribution in [2.45, 2.75) is 13.1 Å². The molecule has 0 fully saturated rings. The predicted molar refractivity (Wildman–Crippen MR) is 69.9 cm³/mol. The summed E-state index contributed by atoms with van der Waals surface area (Å²) in [5, 5.41) is 0.144. The van der Waals surface area contributed by atoms with Crippen molar-refractivity contribution < 1.29 is 22.7 Å². The number of halogens is 3. The summed E-state index contributed by atoms with van der Waals surface area (Å²) >= 11 is 0. The minimum absolute atomic E-state index is 0.0444. The monoisotopic (exact) mass is 300 g/mol. The summed E-state index contributed by atoms with van der Waals surface area (Å²) < 4.78 is 42.6. The maximum atomic E-state index is 12.6. The molecule has 1 aromatic carbocycles. The molecule has 0 atom stereocenters. The Hall–Kier alpha value is -2.51. The zero-order valence-electron chi connectivity index (χ0n) is 10.9. The summed E-state index contributed by atoms with van der Waals surface area (Å²) in [5.41, 5.74) is 3.18. The van der Waals surface area contributed by atoms with Crippen molar-refractivity contribution in [3.8, 4) is 0 Å². The number of pyridine rings is 1. The third-order valence-electron chi connectivity index (χ3n) is 2.86. The van der Waals surface area contributed by atoms with Crippen LogP contribution in [0.3, 0.4) is 0 Å². The fourth-order valence-electron chi connectivity index (χ4n) is 1.91. The molecule has 0 unspecified atom stereocenters. The summed E-state index contributed by atoms with van der Waals surface area (Å²) in [5.74, 6) is -0.918. The van der Waals surface area contributed by atoms with Crippen LogP contribution in [0.2, 0.25) is 0 Å². The molecule has 112 valence electrons. The Bertz CT molecular complexity index is 766. The molecule has 0 bridgehead atoms. The lowest BCUT2D eigenvalue weighted by molar-refractivity contribution is -0.137. The Morgan fingerprint density at radius 3 is 2.62 bits per heavy atom. The number of alkyl halides is 3. The second kappa shape index (κ2) is 5.12. The number of carbonyl (C=O) groups excluding carboxylic acids is 1. The molecule has 2 rings (SSSR count). The molecule has 0 saturated carbocycles. The van der Waals surface area contributed by atoms with E-state index in [9.17, 15) is 22.8 Å². The van der Waals surface area contributed by atoms with Gasteiger partial charge in [0.2, 0.25) is 0 Å². The molecule has 5 nitrogen and oxygen atoms in total. The molecule has 0 aliphatic carbocycles. The van der Waals surface area contributed by atoms with E-state index in [-0.39, 0.29) is 23.2 Å². The van der Waals surface area contributed by atoms with Crippen LogP contribution < -0.4 is 11.3 Å². The Labute approximate surface area is 116 Å². The van der Waals surface area contributed by atoms with Crippen LogP contribution in [0.25, 0.3) is 10.9 Å². The number of nitrogens with one attached hydrogen (secondary N) is 1. The number of esters is 1. The van der Waals surface area contributed by atoms with Crippen LogP contribution >= 0.6 is 0 Å². The van der Waals surface area contributed by atoms with Gasteiger partial charge in [-0.25, -0.2) is 4.79 Å². The third kappa shape index (κ3) is 2.69. The van der Waals surface area contributed by atoms with E-state index in [4.69, 9.17) is 10.5 Å². The van der Waals surface area contributed by atoms with Crippen LogP contribution in [-0.2, 0) is 10.9 Å². The number of fused-ring (bicyclic) bond motifs is 1. The van der Waals surface area contributed by atoms with E-state index in [0.717, 1.165) is 18.2 Å². The zero-order valence-corrected chi connectivity index (χ0v) is 10.9. The largest absolute Gasteiger partial charge is 0.462 e. The lowest BCUT2D eigenvalue weighted by Crippen LogP contribution is -2.22. The number of benzene rings is 1. The molecule has 0 aliphatic heterocycles. The maximum Gasteiger partial charge on any atom is 0.416 e. The van der Waals surface area contributed by atoms with E-state index in [1.165, 1.54) is 0 Å². The first-order valence-corrected chi connectivity index (χ1v) is 5.95. The lowest BCUT2D eigenvalue weighted by atomic mass is 10.1. The molecule has 1 aromatic heterocycles. The highest BCUT2D eigenvalue weighted by Gasteiger charge is 2.31. The number of anilines is 1. The Morgan fingerprint density at radius 2 is 2.05 bits per heavy atom. The van der Waals surface area contributed by atoms with E-state index >= 15 is 0 Å². The number of hydrogen-bond acceptors (Lipinski definition) is 4. The molecule has 3 N–H and O–H groups in total. The standard InChI is InChI=1S/C13H11F3N2O3/c1-2-21-12(20)9-10(17)7-4-3-6(13(14,15)16)5-8(7)18-11(9)19/h3-5H,2H2,1H3,(H3,17,18,19). The quantitative estimate of drug-likeness (QED) is 0.833. The van der Waals surface area contributed by atoms with Crippen LogP contribution in [0, 0.1) is 0 Å². The van der Waals surface area contributed by atoms with Gasteiger partial charge in [-0.2, -0.15) is 13.2 Å². The van der Waals surface area contributed by atoms with Gasteiger partial charge in [-0.1, -0.05) is 6.07 Å². The number of hydrogen-bond donors (Lipinski definition) is 2. The first-order chi connectivity index (χ1) is 9.75. The van der Waals surface area contributed by atoms with Gasteiger partial charge < -0.3 is 15.5 Å². The Kier molecular flexibility index (Phi) is 3.63. The number of nitrogen functional groups attached to an aromatic ring is 1. The molecule has 8 heteroatoms. The van der Waals surface area contributed by atoms with Gasteiger partial charge in [-0.05, 0) is 19.1 Å². The van der Waals surface area contributed by atoms with Crippen LogP contribution in [-0.4, -0.2) is 17.6 Å². The number of aromatic nitrogens is 1. The summed E-state index contributed by atoms with van der Waals surface area (Å²) in [6, 6.07) is 2.69. The average molecular weight is 300 g/mol. The van der Waals surface area contributed by atoms with Crippen LogP contribution in [0.4, 0.5) is 18.9 Å². The third-order valence-corrected chi connectivity index (χ3v) is 2.86. The minimum atomic E-state index is -4.54. The first-order valence-electron chi connectivity index (χ1n) is 5.95. The van der Waals surface area contributed by atoms with Crippen LogP contribution in [0.5, 0.6) is 0 Å². The molecule has 21 heavy (non-hydrogen) atoms. The van der Waals surface area contributed by atoms with Gasteiger partial charge in [0.15, 0.2) is 0 Å². The molecule has 0 radical (unpaired) electrons. The first kappa shape index (κ1) is 14.9. The summed E-state index contributed by atoms with van der Waals surface area (Å²) in [6.45, 7) is 1.60. The van der Waals surface area contributed by atoms with Crippen molar-refractivity contribution in [3.63, 3.8) is 0 Å². The van der Waals surface area contributed by atoms with Crippen LogP contribution in [0.1, 0.15) is 22.8 Å². The maximum absolute atomic E-state index is 12.6. The number of rotatable bonds is 2. The Morgan fingerprint density at radius 1 is 1.38 bits per heavy atom. The van der Waals surface area contributed by atoms with Gasteiger partial charge in [0.25, 0.3) is 5.56 Å². The van der Waals surface area contributed by atoms with Crippen molar-refractivity contribution in [2.24, 2.45) is 0 Å². The van der Waals surface area contributed by atoms with Crippen molar-refractivity contribution >= 4 is 22.6 Å². The second-order valence-corrected chi connectivity index (χ2v) is 4.22. The van der Waals surface area contributed by atoms with E-state index in [1.807, 2.05) is 0 Å². The van der Waals surface area contributed by atoms with E-state index in [2.05, 4.69) is 4.98 Å². The van der Waals surface area contributed by atoms with E-state index < -0.39 is 28.8 Å². The fourth-order valence-corrected chi connectivity index (χ4v) is 1.91. The summed E-state index contributed by atoms with van der Waals surface area (Å²) in [7, 11) is 0. The number of ether oxygens (including phenoxy) is 1. The average Bonchev–Trinajstić information content (AvgIpc) is 2.37. The van der Waals surface area contributed by atoms with Crippen molar-refractivity contribution in [2.75, 3.05) is 12.3 Å².